The number of ether oxygens (including phenoxy) is 1. The SMILES string of the molecule is Cc1cccc(C(=O)NC2CCCOC2)c1N. The minimum Gasteiger partial charge on any atom is -0.398 e. The number of anilines is 1. The predicted molar refractivity (Wildman–Crippen MR) is 66.9 cm³/mol. The van der Waals surface area contributed by atoms with Crippen molar-refractivity contribution in [2.45, 2.75) is 25.8 Å². The van der Waals surface area contributed by atoms with E-state index < -0.39 is 0 Å². The number of carbonyl (C=O) groups is 1. The summed E-state index contributed by atoms with van der Waals surface area (Å²) in [5, 5.41) is 2.96. The van der Waals surface area contributed by atoms with Crippen LogP contribution in [-0.2, 0) is 4.74 Å². The van der Waals surface area contributed by atoms with Crippen molar-refractivity contribution in [3.05, 3.63) is 29.3 Å². The summed E-state index contributed by atoms with van der Waals surface area (Å²) >= 11 is 0. The Morgan fingerprint density at radius 2 is 2.35 bits per heavy atom. The summed E-state index contributed by atoms with van der Waals surface area (Å²) < 4.78 is 5.33. The van der Waals surface area contributed by atoms with Gasteiger partial charge in [-0.1, -0.05) is 12.1 Å². The summed E-state index contributed by atoms with van der Waals surface area (Å²) in [7, 11) is 0. The highest BCUT2D eigenvalue weighted by molar-refractivity contribution is 5.99. The smallest absolute Gasteiger partial charge is 0.253 e. The van der Waals surface area contributed by atoms with Crippen LogP contribution >= 0.6 is 0 Å². The maximum absolute atomic E-state index is 12.0. The van der Waals surface area contributed by atoms with E-state index in [4.69, 9.17) is 10.5 Å². The van der Waals surface area contributed by atoms with E-state index in [2.05, 4.69) is 5.32 Å². The average Bonchev–Trinajstić information content (AvgIpc) is 2.34. The molecule has 1 atom stereocenters. The van der Waals surface area contributed by atoms with Gasteiger partial charge in [-0.05, 0) is 31.4 Å². The molecule has 4 nitrogen and oxygen atoms in total. The number of benzene rings is 1. The number of amides is 1. The van der Waals surface area contributed by atoms with Crippen LogP contribution in [-0.4, -0.2) is 25.2 Å². The molecule has 1 aliphatic heterocycles. The molecule has 1 heterocycles. The van der Waals surface area contributed by atoms with Gasteiger partial charge < -0.3 is 15.8 Å². The molecule has 92 valence electrons. The van der Waals surface area contributed by atoms with Crippen molar-refractivity contribution in [2.24, 2.45) is 0 Å². The molecule has 1 aliphatic rings. The summed E-state index contributed by atoms with van der Waals surface area (Å²) in [6, 6.07) is 5.60. The summed E-state index contributed by atoms with van der Waals surface area (Å²) in [6.07, 6.45) is 1.96. The zero-order valence-corrected chi connectivity index (χ0v) is 10.0. The second-order valence-corrected chi connectivity index (χ2v) is 4.42. The van der Waals surface area contributed by atoms with Crippen LogP contribution in [0.4, 0.5) is 5.69 Å². The van der Waals surface area contributed by atoms with Gasteiger partial charge in [0.1, 0.15) is 0 Å². The summed E-state index contributed by atoms with van der Waals surface area (Å²) in [6.45, 7) is 3.28. The molecule has 0 bridgehead atoms. The Morgan fingerprint density at radius 3 is 3.06 bits per heavy atom. The Kier molecular flexibility index (Phi) is 3.64. The third-order valence-electron chi connectivity index (χ3n) is 3.06. The number of nitrogen functional groups attached to an aromatic ring is 1. The van der Waals surface area contributed by atoms with E-state index in [9.17, 15) is 4.79 Å². The lowest BCUT2D eigenvalue weighted by atomic mass is 10.1. The van der Waals surface area contributed by atoms with Crippen molar-refractivity contribution in [2.75, 3.05) is 18.9 Å². The Hall–Kier alpha value is -1.55. The highest BCUT2D eigenvalue weighted by atomic mass is 16.5. The first kappa shape index (κ1) is 11.9. The van der Waals surface area contributed by atoms with Crippen molar-refractivity contribution in [1.82, 2.24) is 5.32 Å². The fourth-order valence-corrected chi connectivity index (χ4v) is 2.00. The maximum Gasteiger partial charge on any atom is 0.253 e. The minimum atomic E-state index is -0.110. The molecule has 3 N–H and O–H groups in total. The Morgan fingerprint density at radius 1 is 1.53 bits per heavy atom. The third kappa shape index (κ3) is 2.77. The van der Waals surface area contributed by atoms with E-state index in [1.54, 1.807) is 6.07 Å². The molecule has 1 amide bonds. The van der Waals surface area contributed by atoms with E-state index in [-0.39, 0.29) is 11.9 Å². The number of hydrogen-bond acceptors (Lipinski definition) is 3. The molecule has 17 heavy (non-hydrogen) atoms. The van der Waals surface area contributed by atoms with Gasteiger partial charge >= 0.3 is 0 Å². The van der Waals surface area contributed by atoms with Crippen LogP contribution in [0.3, 0.4) is 0 Å². The van der Waals surface area contributed by atoms with Crippen LogP contribution in [0.2, 0.25) is 0 Å². The number of para-hydroxylation sites is 1. The quantitative estimate of drug-likeness (QED) is 0.762. The lowest BCUT2D eigenvalue weighted by Gasteiger charge is -2.23. The van der Waals surface area contributed by atoms with Gasteiger partial charge in [-0.3, -0.25) is 4.79 Å². The van der Waals surface area contributed by atoms with Gasteiger partial charge in [0.25, 0.3) is 5.91 Å². The van der Waals surface area contributed by atoms with Gasteiger partial charge in [-0.2, -0.15) is 0 Å². The van der Waals surface area contributed by atoms with E-state index in [0.29, 0.717) is 17.9 Å². The molecule has 0 aromatic heterocycles. The molecule has 1 aromatic rings. The first-order chi connectivity index (χ1) is 8.18. The highest BCUT2D eigenvalue weighted by Gasteiger charge is 2.18. The number of hydrogen-bond donors (Lipinski definition) is 2. The molecule has 0 spiro atoms. The molecular formula is C13H18N2O2. The van der Waals surface area contributed by atoms with Crippen molar-refractivity contribution in [3.8, 4) is 0 Å². The second kappa shape index (κ2) is 5.19. The van der Waals surface area contributed by atoms with Crippen LogP contribution in [0.1, 0.15) is 28.8 Å². The van der Waals surface area contributed by atoms with Crippen LogP contribution in [0.5, 0.6) is 0 Å². The molecule has 4 heteroatoms. The molecule has 1 aromatic carbocycles. The third-order valence-corrected chi connectivity index (χ3v) is 3.06. The summed E-state index contributed by atoms with van der Waals surface area (Å²) in [4.78, 5) is 12.0. The minimum absolute atomic E-state index is 0.108. The molecule has 1 saturated heterocycles. The Bertz CT molecular complexity index is 412. The Balaban J connectivity index is 2.06. The molecule has 1 unspecified atom stereocenters. The standard InChI is InChI=1S/C13H18N2O2/c1-9-4-2-6-11(12(9)14)13(16)15-10-5-3-7-17-8-10/h2,4,6,10H,3,5,7-8,14H2,1H3,(H,15,16). The molecule has 0 radical (unpaired) electrons. The highest BCUT2D eigenvalue weighted by Crippen LogP contribution is 2.17. The van der Waals surface area contributed by atoms with Crippen molar-refractivity contribution in [1.29, 1.82) is 0 Å². The van der Waals surface area contributed by atoms with Crippen molar-refractivity contribution < 1.29 is 9.53 Å². The molecule has 0 saturated carbocycles. The van der Waals surface area contributed by atoms with Crippen LogP contribution in [0.15, 0.2) is 18.2 Å². The zero-order chi connectivity index (χ0) is 12.3. The average molecular weight is 234 g/mol. The van der Waals surface area contributed by atoms with Gasteiger partial charge in [0.15, 0.2) is 0 Å². The first-order valence-electron chi connectivity index (χ1n) is 5.92. The van der Waals surface area contributed by atoms with Crippen LogP contribution in [0.25, 0.3) is 0 Å². The van der Waals surface area contributed by atoms with Gasteiger partial charge in [-0.25, -0.2) is 0 Å². The van der Waals surface area contributed by atoms with E-state index >= 15 is 0 Å². The van der Waals surface area contributed by atoms with Crippen LogP contribution < -0.4 is 11.1 Å². The van der Waals surface area contributed by atoms with E-state index in [1.807, 2.05) is 19.1 Å². The zero-order valence-electron chi connectivity index (χ0n) is 10.0. The van der Waals surface area contributed by atoms with Gasteiger partial charge in [-0.15, -0.1) is 0 Å². The lowest BCUT2D eigenvalue weighted by molar-refractivity contribution is 0.0624. The van der Waals surface area contributed by atoms with Crippen molar-refractivity contribution >= 4 is 11.6 Å². The number of nitrogens with two attached hydrogens (primary N) is 1. The second-order valence-electron chi connectivity index (χ2n) is 4.42. The van der Waals surface area contributed by atoms with Gasteiger partial charge in [0, 0.05) is 12.3 Å². The lowest BCUT2D eigenvalue weighted by Crippen LogP contribution is -2.40. The van der Waals surface area contributed by atoms with E-state index in [0.717, 1.165) is 25.0 Å². The molecule has 2 rings (SSSR count). The van der Waals surface area contributed by atoms with Crippen molar-refractivity contribution in [3.63, 3.8) is 0 Å². The number of rotatable bonds is 2. The predicted octanol–water partition coefficient (Wildman–Crippen LogP) is 1.49. The monoisotopic (exact) mass is 234 g/mol. The normalized spacial score (nSPS) is 19.9. The molecule has 0 aliphatic carbocycles. The molecule has 1 fully saturated rings. The summed E-state index contributed by atoms with van der Waals surface area (Å²) in [5.41, 5.74) is 7.93. The Labute approximate surface area is 101 Å². The number of nitrogens with one attached hydrogen (secondary N) is 1. The molecular weight excluding hydrogens is 216 g/mol. The number of aryl methyl sites for hydroxylation is 1. The van der Waals surface area contributed by atoms with Crippen LogP contribution in [0, 0.1) is 6.92 Å². The number of carbonyl (C=O) groups excluding carboxylic acids is 1. The van der Waals surface area contributed by atoms with Gasteiger partial charge in [0.05, 0.1) is 18.2 Å². The van der Waals surface area contributed by atoms with E-state index in [1.165, 1.54) is 0 Å². The maximum atomic E-state index is 12.0. The fraction of sp³-hybridized carbons (Fsp3) is 0.462. The van der Waals surface area contributed by atoms with Gasteiger partial charge in [0.2, 0.25) is 0 Å². The summed E-state index contributed by atoms with van der Waals surface area (Å²) in [5.74, 6) is -0.110. The fourth-order valence-electron chi connectivity index (χ4n) is 2.00. The first-order valence-corrected chi connectivity index (χ1v) is 5.92. The topological polar surface area (TPSA) is 64.3 Å². The largest absolute Gasteiger partial charge is 0.398 e.